The minimum Gasteiger partial charge on any atom is -0.387 e. The maximum absolute atomic E-state index is 10.2. The summed E-state index contributed by atoms with van der Waals surface area (Å²) in [5.41, 5.74) is 3.19. The first-order valence-electron chi connectivity index (χ1n) is 8.07. The molecule has 1 unspecified atom stereocenters. The van der Waals surface area contributed by atoms with Crippen molar-refractivity contribution in [1.82, 2.24) is 10.3 Å². The normalized spacial score (nSPS) is 15.8. The first-order chi connectivity index (χ1) is 11.3. The molecule has 2 aromatic rings. The van der Waals surface area contributed by atoms with E-state index in [0.717, 1.165) is 29.2 Å². The van der Waals surface area contributed by atoms with E-state index in [1.54, 1.807) is 12.4 Å². The Balaban J connectivity index is 1.64. The number of aliphatic hydroxyl groups excluding tert-OH is 1. The van der Waals surface area contributed by atoms with Gasteiger partial charge in [-0.3, -0.25) is 4.98 Å². The average Bonchev–Trinajstić information content (AvgIpc) is 3.11. The number of aromatic nitrogens is 1. The molecule has 1 aliphatic heterocycles. The van der Waals surface area contributed by atoms with Crippen molar-refractivity contribution in [2.24, 2.45) is 0 Å². The van der Waals surface area contributed by atoms with Gasteiger partial charge < -0.3 is 15.3 Å². The largest absolute Gasteiger partial charge is 0.387 e. The Morgan fingerprint density at radius 3 is 2.65 bits per heavy atom. The van der Waals surface area contributed by atoms with Crippen molar-refractivity contribution in [3.05, 3.63) is 58.9 Å². The second-order valence-electron chi connectivity index (χ2n) is 5.86. The molecule has 5 heteroatoms. The van der Waals surface area contributed by atoms with Crippen LogP contribution in [-0.4, -0.2) is 29.7 Å². The first kappa shape index (κ1) is 16.2. The van der Waals surface area contributed by atoms with E-state index in [0.29, 0.717) is 13.1 Å². The molecule has 0 radical (unpaired) electrons. The quantitative estimate of drug-likeness (QED) is 0.853. The van der Waals surface area contributed by atoms with Gasteiger partial charge in [-0.2, -0.15) is 0 Å². The van der Waals surface area contributed by atoms with Crippen LogP contribution in [0.2, 0.25) is 5.02 Å². The van der Waals surface area contributed by atoms with Gasteiger partial charge in [-0.1, -0.05) is 17.7 Å². The van der Waals surface area contributed by atoms with Crippen LogP contribution in [-0.2, 0) is 6.54 Å². The highest BCUT2D eigenvalue weighted by Gasteiger charge is 2.17. The second-order valence-corrected chi connectivity index (χ2v) is 6.27. The van der Waals surface area contributed by atoms with Crippen LogP contribution in [0, 0.1) is 0 Å². The molecule has 1 atom stereocenters. The Morgan fingerprint density at radius 2 is 1.91 bits per heavy atom. The van der Waals surface area contributed by atoms with E-state index in [1.807, 2.05) is 24.3 Å². The number of pyridine rings is 1. The molecule has 23 heavy (non-hydrogen) atoms. The van der Waals surface area contributed by atoms with Crippen molar-refractivity contribution < 1.29 is 5.11 Å². The number of hydrogen-bond donors (Lipinski definition) is 2. The molecule has 1 aliphatic rings. The molecular formula is C18H22ClN3O. The summed E-state index contributed by atoms with van der Waals surface area (Å²) < 4.78 is 0. The van der Waals surface area contributed by atoms with Gasteiger partial charge in [0.2, 0.25) is 0 Å². The lowest BCUT2D eigenvalue weighted by Gasteiger charge is -2.23. The van der Waals surface area contributed by atoms with Gasteiger partial charge >= 0.3 is 0 Å². The van der Waals surface area contributed by atoms with Crippen LogP contribution in [0.15, 0.2) is 42.7 Å². The van der Waals surface area contributed by atoms with Crippen LogP contribution in [0.4, 0.5) is 5.69 Å². The third-order valence-corrected chi connectivity index (χ3v) is 4.63. The number of nitrogens with zero attached hydrogens (tertiary/aromatic N) is 2. The fourth-order valence-corrected chi connectivity index (χ4v) is 3.25. The standard InChI is InChI=1S/C18H22ClN3O/c19-16-4-3-5-17(22-10-1-2-11-22)15(16)12-21-13-18(23)14-6-8-20-9-7-14/h3-9,18,21,23H,1-2,10-13H2. The monoisotopic (exact) mass is 331 g/mol. The maximum Gasteiger partial charge on any atom is 0.0915 e. The lowest BCUT2D eigenvalue weighted by molar-refractivity contribution is 0.174. The fourth-order valence-electron chi connectivity index (χ4n) is 3.01. The molecule has 122 valence electrons. The van der Waals surface area contributed by atoms with Crippen molar-refractivity contribution in [2.45, 2.75) is 25.5 Å². The van der Waals surface area contributed by atoms with Gasteiger partial charge in [0.15, 0.2) is 0 Å². The van der Waals surface area contributed by atoms with Gasteiger partial charge in [0.05, 0.1) is 6.10 Å². The molecule has 4 nitrogen and oxygen atoms in total. The van der Waals surface area contributed by atoms with E-state index in [2.05, 4.69) is 21.3 Å². The van der Waals surface area contributed by atoms with Gasteiger partial charge in [-0.15, -0.1) is 0 Å². The minimum absolute atomic E-state index is 0.481. The van der Waals surface area contributed by atoms with Crippen LogP contribution < -0.4 is 10.2 Å². The van der Waals surface area contributed by atoms with Crippen LogP contribution in [0.25, 0.3) is 0 Å². The summed E-state index contributed by atoms with van der Waals surface area (Å²) in [7, 11) is 0. The van der Waals surface area contributed by atoms with Crippen molar-refractivity contribution in [3.8, 4) is 0 Å². The van der Waals surface area contributed by atoms with E-state index >= 15 is 0 Å². The summed E-state index contributed by atoms with van der Waals surface area (Å²) in [6.07, 6.45) is 5.31. The third kappa shape index (κ3) is 4.02. The Kier molecular flexibility index (Phi) is 5.49. The molecule has 2 N–H and O–H groups in total. The fraction of sp³-hybridized carbons (Fsp3) is 0.389. The Bertz CT molecular complexity index is 629. The highest BCUT2D eigenvalue weighted by molar-refractivity contribution is 6.31. The molecule has 0 spiro atoms. The zero-order valence-electron chi connectivity index (χ0n) is 13.1. The number of aliphatic hydroxyl groups is 1. The smallest absolute Gasteiger partial charge is 0.0915 e. The van der Waals surface area contributed by atoms with Gasteiger partial charge in [0, 0.05) is 54.8 Å². The van der Waals surface area contributed by atoms with E-state index in [1.165, 1.54) is 18.5 Å². The van der Waals surface area contributed by atoms with Gasteiger partial charge in [0.25, 0.3) is 0 Å². The van der Waals surface area contributed by atoms with Gasteiger partial charge in [-0.05, 0) is 42.7 Å². The minimum atomic E-state index is -0.546. The number of halogens is 1. The van der Waals surface area contributed by atoms with Gasteiger partial charge in [0.1, 0.15) is 0 Å². The van der Waals surface area contributed by atoms with Crippen LogP contribution in [0.3, 0.4) is 0 Å². The average molecular weight is 332 g/mol. The number of anilines is 1. The molecule has 3 rings (SSSR count). The maximum atomic E-state index is 10.2. The van der Waals surface area contributed by atoms with Crippen LogP contribution >= 0.6 is 11.6 Å². The molecule has 1 aromatic heterocycles. The van der Waals surface area contributed by atoms with E-state index in [4.69, 9.17) is 11.6 Å². The molecule has 0 aliphatic carbocycles. The Hall–Kier alpha value is -1.62. The number of rotatable bonds is 6. The number of hydrogen-bond acceptors (Lipinski definition) is 4. The molecule has 0 bridgehead atoms. The van der Waals surface area contributed by atoms with Gasteiger partial charge in [-0.25, -0.2) is 0 Å². The Morgan fingerprint density at radius 1 is 1.17 bits per heavy atom. The molecule has 0 saturated carbocycles. The number of nitrogens with one attached hydrogen (secondary N) is 1. The van der Waals surface area contributed by atoms with E-state index in [9.17, 15) is 5.11 Å². The molecule has 1 fully saturated rings. The molecule has 1 aromatic carbocycles. The molecule has 2 heterocycles. The van der Waals surface area contributed by atoms with Crippen LogP contribution in [0.1, 0.15) is 30.1 Å². The van der Waals surface area contributed by atoms with Crippen molar-refractivity contribution in [2.75, 3.05) is 24.5 Å². The molecular weight excluding hydrogens is 310 g/mol. The van der Waals surface area contributed by atoms with Crippen LogP contribution in [0.5, 0.6) is 0 Å². The highest BCUT2D eigenvalue weighted by Crippen LogP contribution is 2.30. The zero-order valence-corrected chi connectivity index (χ0v) is 13.8. The summed E-state index contributed by atoms with van der Waals surface area (Å²) >= 11 is 6.40. The zero-order chi connectivity index (χ0) is 16.1. The first-order valence-corrected chi connectivity index (χ1v) is 8.44. The molecule has 1 saturated heterocycles. The summed E-state index contributed by atoms with van der Waals surface area (Å²) in [5.74, 6) is 0. The molecule has 0 amide bonds. The lowest BCUT2D eigenvalue weighted by atomic mass is 10.1. The van der Waals surface area contributed by atoms with Crippen molar-refractivity contribution in [3.63, 3.8) is 0 Å². The Labute approximate surface area is 142 Å². The van der Waals surface area contributed by atoms with E-state index < -0.39 is 6.10 Å². The summed E-state index contributed by atoms with van der Waals surface area (Å²) in [4.78, 5) is 6.36. The highest BCUT2D eigenvalue weighted by atomic mass is 35.5. The summed E-state index contributed by atoms with van der Waals surface area (Å²) in [6, 6.07) is 9.73. The lowest BCUT2D eigenvalue weighted by Crippen LogP contribution is -2.24. The summed E-state index contributed by atoms with van der Waals surface area (Å²) in [6.45, 7) is 3.31. The van der Waals surface area contributed by atoms with Crippen molar-refractivity contribution in [1.29, 1.82) is 0 Å². The number of benzene rings is 1. The van der Waals surface area contributed by atoms with Crippen molar-refractivity contribution >= 4 is 17.3 Å². The summed E-state index contributed by atoms with van der Waals surface area (Å²) in [5, 5.41) is 14.3. The predicted molar refractivity (Wildman–Crippen MR) is 93.8 cm³/mol. The predicted octanol–water partition coefficient (Wildman–Crippen LogP) is 3.16. The second kappa shape index (κ2) is 7.77. The SMILES string of the molecule is OC(CNCc1c(Cl)cccc1N1CCCC1)c1ccncc1. The third-order valence-electron chi connectivity index (χ3n) is 4.27. The topological polar surface area (TPSA) is 48.4 Å². The van der Waals surface area contributed by atoms with E-state index in [-0.39, 0.29) is 0 Å².